The van der Waals surface area contributed by atoms with Crippen molar-refractivity contribution in [2.24, 2.45) is 0 Å². The molecule has 1 heterocycles. The second kappa shape index (κ2) is 4.88. The molecule has 1 aromatic rings. The normalized spacial score (nSPS) is 14.3. The molecule has 0 saturated carbocycles. The summed E-state index contributed by atoms with van der Waals surface area (Å²) in [4.78, 5) is 0. The van der Waals surface area contributed by atoms with Crippen LogP contribution < -0.4 is 10.1 Å². The van der Waals surface area contributed by atoms with Crippen molar-refractivity contribution in [1.29, 1.82) is 10.5 Å². The summed E-state index contributed by atoms with van der Waals surface area (Å²) in [5.74, 6) is 0.822. The van der Waals surface area contributed by atoms with Crippen LogP contribution in [0.3, 0.4) is 0 Å². The van der Waals surface area contributed by atoms with Crippen molar-refractivity contribution in [3.05, 3.63) is 41.6 Å². The van der Waals surface area contributed by atoms with Gasteiger partial charge in [0.2, 0.25) is 0 Å². The molecule has 0 saturated heterocycles. The van der Waals surface area contributed by atoms with Crippen LogP contribution >= 0.6 is 0 Å². The molecule has 1 aliphatic heterocycles. The number of hydrogen-bond donors (Lipinski definition) is 1. The summed E-state index contributed by atoms with van der Waals surface area (Å²) in [6.45, 7) is 3.99. The van der Waals surface area contributed by atoms with Gasteiger partial charge in [-0.15, -0.1) is 0 Å². The van der Waals surface area contributed by atoms with E-state index in [9.17, 15) is 0 Å². The summed E-state index contributed by atoms with van der Waals surface area (Å²) >= 11 is 0. The van der Waals surface area contributed by atoms with Crippen molar-refractivity contribution in [3.63, 3.8) is 0 Å². The zero-order chi connectivity index (χ0) is 13.9. The van der Waals surface area contributed by atoms with E-state index in [1.165, 1.54) is 6.20 Å². The Hall–Kier alpha value is -2.72. The van der Waals surface area contributed by atoms with E-state index in [2.05, 4.69) is 5.32 Å². The molecule has 2 rings (SSSR count). The van der Waals surface area contributed by atoms with Crippen LogP contribution in [0.25, 0.3) is 6.08 Å². The highest BCUT2D eigenvalue weighted by Crippen LogP contribution is 2.32. The van der Waals surface area contributed by atoms with Gasteiger partial charge in [0, 0.05) is 17.5 Å². The van der Waals surface area contributed by atoms with E-state index in [1.807, 2.05) is 44.2 Å². The molecule has 94 valence electrons. The van der Waals surface area contributed by atoms with E-state index in [1.54, 1.807) is 12.1 Å². The van der Waals surface area contributed by atoms with Gasteiger partial charge in [0.1, 0.15) is 29.1 Å². The Morgan fingerprint density at radius 1 is 1.32 bits per heavy atom. The fourth-order valence-electron chi connectivity index (χ4n) is 1.71. The Morgan fingerprint density at radius 3 is 2.74 bits per heavy atom. The molecule has 19 heavy (non-hydrogen) atoms. The Morgan fingerprint density at radius 2 is 2.05 bits per heavy atom. The first-order valence-electron chi connectivity index (χ1n) is 5.83. The molecule has 1 aliphatic rings. The summed E-state index contributed by atoms with van der Waals surface area (Å²) < 4.78 is 5.81. The molecule has 0 unspecified atom stereocenters. The first-order valence-corrected chi connectivity index (χ1v) is 5.83. The highest BCUT2D eigenvalue weighted by atomic mass is 16.5. The number of nitrogens with zero attached hydrogens (tertiary/aromatic N) is 2. The molecule has 0 aromatic heterocycles. The molecule has 1 N–H and O–H groups in total. The molecule has 0 radical (unpaired) electrons. The van der Waals surface area contributed by atoms with Crippen LogP contribution in [0.4, 0.5) is 5.69 Å². The summed E-state index contributed by atoms with van der Waals surface area (Å²) in [5.41, 5.74) is 1.50. The topological polar surface area (TPSA) is 68.8 Å². The standard InChI is InChI=1S/C15H13N3O/c1-15(2)6-5-12-7-13(3-4-14(12)19-15)18-10-11(8-16)9-17/h3-7,10,18H,1-2H3. The average molecular weight is 251 g/mol. The van der Waals surface area contributed by atoms with Gasteiger partial charge in [-0.25, -0.2) is 0 Å². The van der Waals surface area contributed by atoms with Crippen molar-refractivity contribution >= 4 is 11.8 Å². The van der Waals surface area contributed by atoms with Gasteiger partial charge in [-0.2, -0.15) is 10.5 Å². The largest absolute Gasteiger partial charge is 0.483 e. The number of nitrogens with one attached hydrogen (secondary N) is 1. The highest BCUT2D eigenvalue weighted by Gasteiger charge is 2.21. The van der Waals surface area contributed by atoms with Gasteiger partial charge in [-0.3, -0.25) is 0 Å². The third-order valence-electron chi connectivity index (χ3n) is 2.67. The minimum Gasteiger partial charge on any atom is -0.483 e. The monoisotopic (exact) mass is 251 g/mol. The van der Waals surface area contributed by atoms with Gasteiger partial charge < -0.3 is 10.1 Å². The predicted octanol–water partition coefficient (Wildman–Crippen LogP) is 3.21. The second-order valence-electron chi connectivity index (χ2n) is 4.72. The van der Waals surface area contributed by atoms with Crippen LogP contribution in [0.2, 0.25) is 0 Å². The van der Waals surface area contributed by atoms with E-state index in [4.69, 9.17) is 15.3 Å². The fourth-order valence-corrected chi connectivity index (χ4v) is 1.71. The third-order valence-corrected chi connectivity index (χ3v) is 2.67. The van der Waals surface area contributed by atoms with Gasteiger partial charge in [-0.05, 0) is 38.1 Å². The lowest BCUT2D eigenvalue weighted by molar-refractivity contribution is 0.159. The maximum atomic E-state index is 8.64. The molecule has 0 aliphatic carbocycles. The smallest absolute Gasteiger partial charge is 0.145 e. The molecule has 0 spiro atoms. The van der Waals surface area contributed by atoms with Gasteiger partial charge in [-0.1, -0.05) is 6.08 Å². The zero-order valence-corrected chi connectivity index (χ0v) is 10.8. The Bertz CT molecular complexity index is 626. The zero-order valence-electron chi connectivity index (χ0n) is 10.8. The molecule has 1 aromatic carbocycles. The maximum absolute atomic E-state index is 8.64. The molecule has 4 heteroatoms. The lowest BCUT2D eigenvalue weighted by atomic mass is 10.0. The first kappa shape index (κ1) is 12.7. The quantitative estimate of drug-likeness (QED) is 0.819. The van der Waals surface area contributed by atoms with Crippen molar-refractivity contribution in [3.8, 4) is 17.9 Å². The third kappa shape index (κ3) is 2.94. The summed E-state index contributed by atoms with van der Waals surface area (Å²) in [5, 5.41) is 20.2. The first-order chi connectivity index (χ1) is 9.04. The molecule has 4 nitrogen and oxygen atoms in total. The lowest BCUT2D eigenvalue weighted by Crippen LogP contribution is -2.27. The molecule has 0 bridgehead atoms. The predicted molar refractivity (Wildman–Crippen MR) is 73.1 cm³/mol. The molecular weight excluding hydrogens is 238 g/mol. The number of benzene rings is 1. The SMILES string of the molecule is CC1(C)C=Cc2cc(NC=C(C#N)C#N)ccc2O1. The van der Waals surface area contributed by atoms with Crippen molar-refractivity contribution in [2.45, 2.75) is 19.4 Å². The highest BCUT2D eigenvalue weighted by molar-refractivity contribution is 5.66. The van der Waals surface area contributed by atoms with Crippen LogP contribution in [-0.4, -0.2) is 5.60 Å². The minimum atomic E-state index is -0.295. The van der Waals surface area contributed by atoms with Gasteiger partial charge in [0.15, 0.2) is 0 Å². The van der Waals surface area contributed by atoms with E-state index < -0.39 is 0 Å². The molecular formula is C15H13N3O. The van der Waals surface area contributed by atoms with E-state index in [0.29, 0.717) is 0 Å². The lowest BCUT2D eigenvalue weighted by Gasteiger charge is -2.28. The molecule has 0 atom stereocenters. The van der Waals surface area contributed by atoms with Crippen LogP contribution in [0.15, 0.2) is 36.0 Å². The number of hydrogen-bond acceptors (Lipinski definition) is 4. The molecule has 0 amide bonds. The number of nitriles is 2. The van der Waals surface area contributed by atoms with Crippen molar-refractivity contribution in [2.75, 3.05) is 5.32 Å². The summed E-state index contributed by atoms with van der Waals surface area (Å²) in [6, 6.07) is 9.21. The Kier molecular flexibility index (Phi) is 3.27. The van der Waals surface area contributed by atoms with Crippen molar-refractivity contribution in [1.82, 2.24) is 0 Å². The Balaban J connectivity index is 2.23. The van der Waals surface area contributed by atoms with E-state index >= 15 is 0 Å². The van der Waals surface area contributed by atoms with Crippen LogP contribution in [0, 0.1) is 22.7 Å². The van der Waals surface area contributed by atoms with Gasteiger partial charge >= 0.3 is 0 Å². The Labute approximate surface area is 112 Å². The fraction of sp³-hybridized carbons (Fsp3) is 0.200. The van der Waals surface area contributed by atoms with Crippen LogP contribution in [0.1, 0.15) is 19.4 Å². The van der Waals surface area contributed by atoms with Crippen molar-refractivity contribution < 1.29 is 4.74 Å². The van der Waals surface area contributed by atoms with Gasteiger partial charge in [0.05, 0.1) is 0 Å². The summed E-state index contributed by atoms with van der Waals surface area (Å²) in [6.07, 6.45) is 5.38. The van der Waals surface area contributed by atoms with E-state index in [0.717, 1.165) is 17.0 Å². The number of anilines is 1. The molecule has 0 fully saturated rings. The maximum Gasteiger partial charge on any atom is 0.145 e. The van der Waals surface area contributed by atoms with Gasteiger partial charge in [0.25, 0.3) is 0 Å². The average Bonchev–Trinajstić information content (AvgIpc) is 2.39. The number of fused-ring (bicyclic) bond motifs is 1. The summed E-state index contributed by atoms with van der Waals surface area (Å²) in [7, 11) is 0. The second-order valence-corrected chi connectivity index (χ2v) is 4.72. The number of allylic oxidation sites excluding steroid dienone is 1. The van der Waals surface area contributed by atoms with Crippen LogP contribution in [-0.2, 0) is 0 Å². The minimum absolute atomic E-state index is 0.0330. The number of rotatable bonds is 2. The number of ether oxygens (including phenoxy) is 1. The van der Waals surface area contributed by atoms with E-state index in [-0.39, 0.29) is 11.2 Å². The van der Waals surface area contributed by atoms with Crippen LogP contribution in [0.5, 0.6) is 5.75 Å².